The molecule has 1 aromatic rings. The summed E-state index contributed by atoms with van der Waals surface area (Å²) in [6.45, 7) is 0.617. The third-order valence-corrected chi connectivity index (χ3v) is 3.11. The molecule has 1 heterocycles. The van der Waals surface area contributed by atoms with Crippen LogP contribution in [0.3, 0.4) is 0 Å². The van der Waals surface area contributed by atoms with Crippen molar-refractivity contribution in [2.24, 2.45) is 0 Å². The molecule has 1 aliphatic rings. The van der Waals surface area contributed by atoms with E-state index in [-0.39, 0.29) is 6.04 Å². The number of fused-ring (bicyclic) bond motifs is 1. The molecule has 1 amide bonds. The zero-order valence-electron chi connectivity index (χ0n) is 10.4. The Labute approximate surface area is 109 Å². The van der Waals surface area contributed by atoms with Gasteiger partial charge in [0.25, 0.3) is 0 Å². The molecule has 0 saturated carbocycles. The average Bonchev–Trinajstić information content (AvgIpc) is 2.34. The Kier molecular flexibility index (Phi) is 3.68. The van der Waals surface area contributed by atoms with E-state index in [2.05, 4.69) is 5.32 Å². The normalized spacial score (nSPS) is 22.3. The molecule has 0 spiro atoms. The van der Waals surface area contributed by atoms with E-state index in [0.29, 0.717) is 6.42 Å². The SMILES string of the molecule is CC1CC(C(=O)NCC(F)(F)F)c2ccccc2N1. The predicted octanol–water partition coefficient (Wildman–Crippen LogP) is 2.65. The Hall–Kier alpha value is -1.72. The number of carbonyl (C=O) groups excluding carboxylic acids is 1. The number of amides is 1. The lowest BCUT2D eigenvalue weighted by Crippen LogP contribution is -2.40. The van der Waals surface area contributed by atoms with Crippen molar-refractivity contribution in [3.05, 3.63) is 29.8 Å². The van der Waals surface area contributed by atoms with Crippen molar-refractivity contribution >= 4 is 11.6 Å². The minimum absolute atomic E-state index is 0.0523. The van der Waals surface area contributed by atoms with Gasteiger partial charge in [-0.2, -0.15) is 13.2 Å². The summed E-state index contributed by atoms with van der Waals surface area (Å²) in [5.41, 5.74) is 1.56. The Balaban J connectivity index is 2.14. The molecular formula is C13H15F3N2O. The minimum Gasteiger partial charge on any atom is -0.382 e. The first kappa shape index (κ1) is 13.7. The first-order valence-corrected chi connectivity index (χ1v) is 6.07. The van der Waals surface area contributed by atoms with Crippen LogP contribution in [0.4, 0.5) is 18.9 Å². The molecule has 6 heteroatoms. The lowest BCUT2D eigenvalue weighted by molar-refractivity contribution is -0.139. The van der Waals surface area contributed by atoms with E-state index in [9.17, 15) is 18.0 Å². The molecule has 3 nitrogen and oxygen atoms in total. The molecule has 0 fully saturated rings. The predicted molar refractivity (Wildman–Crippen MR) is 65.9 cm³/mol. The fourth-order valence-electron chi connectivity index (χ4n) is 2.30. The summed E-state index contributed by atoms with van der Waals surface area (Å²) < 4.78 is 36.4. The summed E-state index contributed by atoms with van der Waals surface area (Å²) in [6.07, 6.45) is -3.89. The fraction of sp³-hybridized carbons (Fsp3) is 0.462. The lowest BCUT2D eigenvalue weighted by atomic mass is 9.87. The van der Waals surface area contributed by atoms with Gasteiger partial charge in [-0.3, -0.25) is 4.79 Å². The number of halogens is 3. The van der Waals surface area contributed by atoms with E-state index in [1.807, 2.05) is 24.4 Å². The van der Waals surface area contributed by atoms with E-state index in [0.717, 1.165) is 11.3 Å². The molecule has 1 aromatic carbocycles. The van der Waals surface area contributed by atoms with Crippen molar-refractivity contribution in [2.45, 2.75) is 31.5 Å². The second kappa shape index (κ2) is 5.11. The molecule has 19 heavy (non-hydrogen) atoms. The van der Waals surface area contributed by atoms with Gasteiger partial charge in [0.05, 0.1) is 5.92 Å². The van der Waals surface area contributed by atoms with Crippen molar-refractivity contribution in [3.63, 3.8) is 0 Å². The Morgan fingerprint density at radius 2 is 2.11 bits per heavy atom. The van der Waals surface area contributed by atoms with E-state index >= 15 is 0 Å². The molecule has 2 atom stereocenters. The highest BCUT2D eigenvalue weighted by atomic mass is 19.4. The van der Waals surface area contributed by atoms with Crippen molar-refractivity contribution < 1.29 is 18.0 Å². The third kappa shape index (κ3) is 3.39. The number of carbonyl (C=O) groups is 1. The molecular weight excluding hydrogens is 257 g/mol. The van der Waals surface area contributed by atoms with Crippen molar-refractivity contribution in [1.82, 2.24) is 5.32 Å². The summed E-state index contributed by atoms with van der Waals surface area (Å²) >= 11 is 0. The van der Waals surface area contributed by atoms with Crippen molar-refractivity contribution in [2.75, 3.05) is 11.9 Å². The van der Waals surface area contributed by atoms with Crippen LogP contribution in [0.5, 0.6) is 0 Å². The quantitative estimate of drug-likeness (QED) is 0.869. The summed E-state index contributed by atoms with van der Waals surface area (Å²) in [4.78, 5) is 11.9. The fourth-order valence-corrected chi connectivity index (χ4v) is 2.30. The molecule has 0 aliphatic carbocycles. The number of rotatable bonds is 2. The van der Waals surface area contributed by atoms with Gasteiger partial charge in [-0.1, -0.05) is 18.2 Å². The first-order valence-electron chi connectivity index (χ1n) is 6.07. The van der Waals surface area contributed by atoms with Gasteiger partial charge in [0.1, 0.15) is 6.54 Å². The Morgan fingerprint density at radius 3 is 2.79 bits per heavy atom. The van der Waals surface area contributed by atoms with Crippen LogP contribution in [-0.4, -0.2) is 24.7 Å². The second-order valence-corrected chi connectivity index (χ2v) is 4.75. The van der Waals surface area contributed by atoms with Crippen molar-refractivity contribution in [1.29, 1.82) is 0 Å². The van der Waals surface area contributed by atoms with Gasteiger partial charge in [-0.15, -0.1) is 0 Å². The highest BCUT2D eigenvalue weighted by Crippen LogP contribution is 2.34. The highest BCUT2D eigenvalue weighted by molar-refractivity contribution is 5.86. The number of para-hydroxylation sites is 1. The molecule has 0 bridgehead atoms. The monoisotopic (exact) mass is 272 g/mol. The lowest BCUT2D eigenvalue weighted by Gasteiger charge is -2.30. The number of alkyl halides is 3. The number of hydrogen-bond donors (Lipinski definition) is 2. The molecule has 0 saturated heterocycles. The summed E-state index contributed by atoms with van der Waals surface area (Å²) in [7, 11) is 0. The minimum atomic E-state index is -4.38. The van der Waals surface area contributed by atoms with Crippen LogP contribution in [0.15, 0.2) is 24.3 Å². The summed E-state index contributed by atoms with van der Waals surface area (Å²) in [5, 5.41) is 5.18. The third-order valence-electron chi connectivity index (χ3n) is 3.11. The van der Waals surface area contributed by atoms with Crippen LogP contribution in [0.1, 0.15) is 24.8 Å². The van der Waals surface area contributed by atoms with Gasteiger partial charge in [-0.25, -0.2) is 0 Å². The van der Waals surface area contributed by atoms with Crippen LogP contribution >= 0.6 is 0 Å². The number of hydrogen-bond acceptors (Lipinski definition) is 2. The van der Waals surface area contributed by atoms with Gasteiger partial charge in [-0.05, 0) is 25.0 Å². The molecule has 0 aromatic heterocycles. The summed E-state index contributed by atoms with van der Waals surface area (Å²) in [6, 6.07) is 7.26. The molecule has 0 radical (unpaired) electrons. The maximum Gasteiger partial charge on any atom is 0.405 e. The van der Waals surface area contributed by atoms with Crippen LogP contribution in [0.2, 0.25) is 0 Å². The van der Waals surface area contributed by atoms with Crippen molar-refractivity contribution in [3.8, 4) is 0 Å². The largest absolute Gasteiger partial charge is 0.405 e. The molecule has 104 valence electrons. The Bertz CT molecular complexity index is 473. The van der Waals surface area contributed by atoms with Gasteiger partial charge in [0.2, 0.25) is 5.91 Å². The standard InChI is InChI=1S/C13H15F3N2O/c1-8-6-10(12(19)17-7-13(14,15)16)9-4-2-3-5-11(9)18-8/h2-5,8,10,18H,6-7H2,1H3,(H,17,19). The van der Waals surface area contributed by atoms with Gasteiger partial charge >= 0.3 is 6.18 Å². The molecule has 2 rings (SSSR count). The number of nitrogens with one attached hydrogen (secondary N) is 2. The molecule has 1 aliphatic heterocycles. The topological polar surface area (TPSA) is 41.1 Å². The average molecular weight is 272 g/mol. The molecule has 2 N–H and O–H groups in total. The van der Waals surface area contributed by atoms with E-state index in [1.165, 1.54) is 0 Å². The zero-order valence-corrected chi connectivity index (χ0v) is 10.4. The van der Waals surface area contributed by atoms with Crippen LogP contribution < -0.4 is 10.6 Å². The van der Waals surface area contributed by atoms with E-state index in [1.54, 1.807) is 12.1 Å². The number of anilines is 1. The zero-order chi connectivity index (χ0) is 14.0. The first-order chi connectivity index (χ1) is 8.87. The van der Waals surface area contributed by atoms with Crippen LogP contribution in [0.25, 0.3) is 0 Å². The molecule has 2 unspecified atom stereocenters. The van der Waals surface area contributed by atoms with Crippen LogP contribution in [-0.2, 0) is 4.79 Å². The Morgan fingerprint density at radius 1 is 1.42 bits per heavy atom. The van der Waals surface area contributed by atoms with Gasteiger partial charge < -0.3 is 10.6 Å². The van der Waals surface area contributed by atoms with Gasteiger partial charge in [0, 0.05) is 11.7 Å². The smallest absolute Gasteiger partial charge is 0.382 e. The maximum absolute atomic E-state index is 12.1. The summed E-state index contributed by atoms with van der Waals surface area (Å²) in [5.74, 6) is -1.10. The van der Waals surface area contributed by atoms with Crippen LogP contribution in [0, 0.1) is 0 Å². The number of benzene rings is 1. The van der Waals surface area contributed by atoms with E-state index < -0.39 is 24.5 Å². The van der Waals surface area contributed by atoms with Gasteiger partial charge in [0.15, 0.2) is 0 Å². The highest BCUT2D eigenvalue weighted by Gasteiger charge is 2.33. The maximum atomic E-state index is 12.1. The second-order valence-electron chi connectivity index (χ2n) is 4.75. The van der Waals surface area contributed by atoms with E-state index in [4.69, 9.17) is 0 Å².